The molecular weight excluding hydrogens is 735 g/mol. The number of aromatic nitrogens is 3. The molecule has 7 rings (SSSR count). The smallest absolute Gasteiger partial charge is 0.234 e. The van der Waals surface area contributed by atoms with Gasteiger partial charge in [-0.1, -0.05) is 61.5 Å². The van der Waals surface area contributed by atoms with Crippen LogP contribution in [0.25, 0.3) is 0 Å². The molecule has 0 saturated carbocycles. The Bertz CT molecular complexity index is 2020. The lowest BCUT2D eigenvalue weighted by atomic mass is 9.90. The summed E-state index contributed by atoms with van der Waals surface area (Å²) in [6.45, 7) is 10.5. The molecule has 3 aromatic carbocycles. The van der Waals surface area contributed by atoms with E-state index in [9.17, 15) is 4.79 Å². The minimum atomic E-state index is -1.21. The number of rotatable bonds is 13. The summed E-state index contributed by atoms with van der Waals surface area (Å²) >= 11 is 12.8. The van der Waals surface area contributed by atoms with Gasteiger partial charge in [-0.2, -0.15) is 15.0 Å². The van der Waals surface area contributed by atoms with Gasteiger partial charge in [0.1, 0.15) is 25.0 Å². The number of halogens is 2. The van der Waals surface area contributed by atoms with Gasteiger partial charge in [0.25, 0.3) is 0 Å². The molecule has 288 valence electrons. The van der Waals surface area contributed by atoms with Crippen LogP contribution in [-0.4, -0.2) is 66.4 Å². The molecule has 2 saturated heterocycles. The lowest BCUT2D eigenvalue weighted by Gasteiger charge is -2.37. The number of amides is 1. The summed E-state index contributed by atoms with van der Waals surface area (Å²) in [5, 5.41) is 9.47. The Morgan fingerprint density at radius 1 is 0.964 bits per heavy atom. The predicted octanol–water partition coefficient (Wildman–Crippen LogP) is 8.32. The van der Waals surface area contributed by atoms with E-state index in [2.05, 4.69) is 88.2 Å². The first-order chi connectivity index (χ1) is 26.7. The van der Waals surface area contributed by atoms with Crippen molar-refractivity contribution in [1.29, 1.82) is 0 Å². The monoisotopic (exact) mass is 782 g/mol. The fourth-order valence-corrected chi connectivity index (χ4v) is 7.97. The van der Waals surface area contributed by atoms with Crippen LogP contribution in [0.2, 0.25) is 10.0 Å². The molecule has 4 aromatic rings. The van der Waals surface area contributed by atoms with E-state index in [0.717, 1.165) is 74.5 Å². The first-order valence-corrected chi connectivity index (χ1v) is 19.9. The number of ether oxygens (including phenoxy) is 3. The SMILES string of the molecule is CC#Cc1cc(N2CCN(c3ccc(N4C=CCC(CCC(C)CC)C4=O)cc3)CC2)ccc1OCC1COC(Cn2nccn2)(c2ccc(Cl)cc2Cl)O1. The predicted molar refractivity (Wildman–Crippen MR) is 218 cm³/mol. The summed E-state index contributed by atoms with van der Waals surface area (Å²) < 4.78 is 19.2. The average molecular weight is 784 g/mol. The number of benzene rings is 3. The van der Waals surface area contributed by atoms with Crippen LogP contribution in [-0.2, 0) is 26.6 Å². The maximum absolute atomic E-state index is 13.3. The summed E-state index contributed by atoms with van der Waals surface area (Å²) in [4.78, 5) is 21.5. The molecule has 0 radical (unpaired) electrons. The van der Waals surface area contributed by atoms with Crippen LogP contribution in [0.4, 0.5) is 17.1 Å². The molecule has 4 unspecified atom stereocenters. The van der Waals surface area contributed by atoms with Crippen LogP contribution >= 0.6 is 23.2 Å². The molecule has 0 spiro atoms. The second kappa shape index (κ2) is 17.5. The van der Waals surface area contributed by atoms with Crippen molar-refractivity contribution in [2.24, 2.45) is 11.8 Å². The van der Waals surface area contributed by atoms with Gasteiger partial charge < -0.3 is 24.0 Å². The van der Waals surface area contributed by atoms with Crippen LogP contribution in [0.15, 0.2) is 85.3 Å². The zero-order chi connectivity index (χ0) is 38.4. The Balaban J connectivity index is 0.954. The van der Waals surface area contributed by atoms with E-state index in [1.807, 2.05) is 30.2 Å². The maximum atomic E-state index is 13.3. The minimum Gasteiger partial charge on any atom is -0.489 e. The normalized spacial score (nSPS) is 21.8. The van der Waals surface area contributed by atoms with Crippen molar-refractivity contribution in [2.45, 2.75) is 64.9 Å². The number of piperazine rings is 1. The van der Waals surface area contributed by atoms with E-state index >= 15 is 0 Å². The van der Waals surface area contributed by atoms with Crippen molar-refractivity contribution in [1.82, 2.24) is 15.0 Å². The molecule has 10 nitrogen and oxygen atoms in total. The van der Waals surface area contributed by atoms with Crippen LogP contribution < -0.4 is 19.4 Å². The third-order valence-corrected chi connectivity index (χ3v) is 11.3. The van der Waals surface area contributed by atoms with Gasteiger partial charge in [-0.3, -0.25) is 9.69 Å². The number of nitrogens with zero attached hydrogens (tertiary/aromatic N) is 6. The quantitative estimate of drug-likeness (QED) is 0.125. The van der Waals surface area contributed by atoms with E-state index in [4.69, 9.17) is 37.4 Å². The molecule has 12 heteroatoms. The molecule has 1 aromatic heterocycles. The zero-order valence-electron chi connectivity index (χ0n) is 31.7. The lowest BCUT2D eigenvalue weighted by molar-refractivity contribution is -0.192. The molecule has 55 heavy (non-hydrogen) atoms. The van der Waals surface area contributed by atoms with Gasteiger partial charge in [0.05, 0.1) is 29.6 Å². The van der Waals surface area contributed by atoms with Gasteiger partial charge in [0.2, 0.25) is 11.7 Å². The van der Waals surface area contributed by atoms with Gasteiger partial charge >= 0.3 is 0 Å². The summed E-state index contributed by atoms with van der Waals surface area (Å²) in [7, 11) is 0. The molecule has 0 bridgehead atoms. The number of carbonyl (C=O) groups is 1. The first-order valence-electron chi connectivity index (χ1n) is 19.2. The van der Waals surface area contributed by atoms with Gasteiger partial charge in [0.15, 0.2) is 0 Å². The summed E-state index contributed by atoms with van der Waals surface area (Å²) in [5.41, 5.74) is 4.64. The number of allylic oxidation sites excluding steroid dienone is 1. The number of hydrogen-bond acceptors (Lipinski definition) is 8. The molecule has 1 amide bonds. The first kappa shape index (κ1) is 38.7. The zero-order valence-corrected chi connectivity index (χ0v) is 33.2. The van der Waals surface area contributed by atoms with E-state index in [1.165, 1.54) is 4.80 Å². The van der Waals surface area contributed by atoms with Crippen molar-refractivity contribution in [2.75, 3.05) is 54.1 Å². The Morgan fingerprint density at radius 3 is 2.38 bits per heavy atom. The average Bonchev–Trinajstić information content (AvgIpc) is 3.87. The Kier molecular flexibility index (Phi) is 12.3. The van der Waals surface area contributed by atoms with Crippen molar-refractivity contribution in [3.05, 3.63) is 107 Å². The summed E-state index contributed by atoms with van der Waals surface area (Å²) in [6.07, 6.45) is 10.9. The van der Waals surface area contributed by atoms with Gasteiger partial charge in [-0.15, -0.1) is 5.92 Å². The van der Waals surface area contributed by atoms with Crippen molar-refractivity contribution in [3.63, 3.8) is 0 Å². The van der Waals surface area contributed by atoms with E-state index < -0.39 is 5.79 Å². The maximum Gasteiger partial charge on any atom is 0.234 e. The molecule has 3 aliphatic heterocycles. The summed E-state index contributed by atoms with van der Waals surface area (Å²) in [5.74, 6) is 6.66. The third kappa shape index (κ3) is 8.97. The highest BCUT2D eigenvalue weighted by Crippen LogP contribution is 2.41. The Labute approximate surface area is 333 Å². The summed E-state index contributed by atoms with van der Waals surface area (Å²) in [6, 6.07) is 19.8. The fourth-order valence-electron chi connectivity index (χ4n) is 7.41. The highest BCUT2D eigenvalue weighted by Gasteiger charge is 2.46. The Hall–Kier alpha value is -4.53. The highest BCUT2D eigenvalue weighted by molar-refractivity contribution is 6.35. The van der Waals surface area contributed by atoms with E-state index in [1.54, 1.807) is 24.5 Å². The molecule has 0 N–H and O–H groups in total. The topological polar surface area (TPSA) is 85.2 Å². The van der Waals surface area contributed by atoms with Crippen molar-refractivity contribution >= 4 is 46.2 Å². The molecule has 4 atom stereocenters. The highest BCUT2D eigenvalue weighted by atomic mass is 35.5. The van der Waals surface area contributed by atoms with E-state index in [0.29, 0.717) is 27.3 Å². The molecular formula is C43H48Cl2N6O4. The van der Waals surface area contributed by atoms with E-state index in [-0.39, 0.29) is 37.7 Å². The molecule has 3 aliphatic rings. The van der Waals surface area contributed by atoms with Gasteiger partial charge in [-0.05, 0) is 86.7 Å². The van der Waals surface area contributed by atoms with Crippen molar-refractivity contribution < 1.29 is 19.0 Å². The second-order valence-electron chi connectivity index (χ2n) is 14.5. The van der Waals surface area contributed by atoms with Crippen LogP contribution in [0.3, 0.4) is 0 Å². The number of carbonyl (C=O) groups excluding carboxylic acids is 1. The van der Waals surface area contributed by atoms with Crippen molar-refractivity contribution in [3.8, 4) is 17.6 Å². The van der Waals surface area contributed by atoms with Crippen LogP contribution in [0.5, 0.6) is 5.75 Å². The minimum absolute atomic E-state index is 0.0599. The fraction of sp³-hybridized carbons (Fsp3) is 0.419. The largest absolute Gasteiger partial charge is 0.489 e. The van der Waals surface area contributed by atoms with Crippen LogP contribution in [0.1, 0.15) is 57.6 Å². The van der Waals surface area contributed by atoms with Crippen LogP contribution in [0, 0.1) is 23.7 Å². The Morgan fingerprint density at radius 2 is 1.67 bits per heavy atom. The van der Waals surface area contributed by atoms with Gasteiger partial charge in [0, 0.05) is 65.9 Å². The standard InChI is InChI=1S/C43H48Cl2N6O4/c1-4-7-33-26-37(16-18-41(33)53-28-38-29-54-43(55-38,30-51-46-19-20-47-51)39-17-11-34(44)27-40(39)45)49-24-22-48(23-25-49)35-12-14-36(15-13-35)50-21-6-8-32(42(50)52)10-9-31(3)5-2/h6,11-21,26-27,31-32,38H,5,8-10,22-25,28-30H2,1-3H3. The third-order valence-electron chi connectivity index (χ3n) is 10.8. The number of anilines is 3. The molecule has 0 aliphatic carbocycles. The lowest BCUT2D eigenvalue weighted by Crippen LogP contribution is -2.46. The van der Waals surface area contributed by atoms with Gasteiger partial charge in [-0.25, -0.2) is 0 Å². The number of hydrogen-bond donors (Lipinski definition) is 0. The molecule has 4 heterocycles. The second-order valence-corrected chi connectivity index (χ2v) is 15.3. The molecule has 2 fully saturated rings.